The van der Waals surface area contributed by atoms with Gasteiger partial charge >= 0.3 is 0 Å². The van der Waals surface area contributed by atoms with Gasteiger partial charge in [-0.05, 0) is 6.92 Å². The molecule has 122 valence electrons. The van der Waals surface area contributed by atoms with Crippen molar-refractivity contribution in [2.24, 2.45) is 0 Å². The molecule has 0 spiro atoms. The first-order valence-corrected chi connectivity index (χ1v) is 6.81. The summed E-state index contributed by atoms with van der Waals surface area (Å²) in [5, 5.41) is 39.6. The van der Waals surface area contributed by atoms with E-state index in [1.54, 1.807) is 0 Å². The molecule has 0 aliphatic carbocycles. The number of rotatable bonds is 2. The predicted molar refractivity (Wildman–Crippen MR) is 78.7 cm³/mol. The summed E-state index contributed by atoms with van der Waals surface area (Å²) in [6.07, 6.45) is -2.32. The van der Waals surface area contributed by atoms with E-state index in [2.05, 4.69) is 9.97 Å². The maximum absolute atomic E-state index is 10.6. The van der Waals surface area contributed by atoms with E-state index in [1.165, 1.54) is 17.8 Å². The molecule has 23 heavy (non-hydrogen) atoms. The van der Waals surface area contributed by atoms with E-state index in [1.807, 2.05) is 6.07 Å². The molecule has 2 aromatic heterocycles. The molecule has 0 aromatic carbocycles. The van der Waals surface area contributed by atoms with Crippen molar-refractivity contribution >= 4 is 22.7 Å². The first-order valence-electron chi connectivity index (χ1n) is 6.81. The number of aromatic nitrogens is 3. The van der Waals surface area contributed by atoms with E-state index in [0.29, 0.717) is 0 Å². The number of anilines is 2. The molecule has 2 aromatic rings. The smallest absolute Gasteiger partial charge is 0.168 e. The molecule has 7 N–H and O–H groups in total. The SMILES string of the molecule is C[C@@]1(O)[C@H](O)[C@@H](CO)O[C@H]1n1c(N)c(C#N)c2c(N)ncnc21. The maximum atomic E-state index is 10.6. The third-order valence-corrected chi connectivity index (χ3v) is 4.13. The average Bonchev–Trinajstić information content (AvgIpc) is 2.92. The zero-order valence-electron chi connectivity index (χ0n) is 12.2. The Labute approximate surface area is 130 Å². The topological polar surface area (TPSA) is 176 Å². The zero-order valence-corrected chi connectivity index (χ0v) is 12.2. The third-order valence-electron chi connectivity index (χ3n) is 4.13. The Morgan fingerprint density at radius 1 is 1.48 bits per heavy atom. The molecule has 1 fully saturated rings. The molecule has 0 bridgehead atoms. The van der Waals surface area contributed by atoms with Crippen molar-refractivity contribution in [1.82, 2.24) is 14.5 Å². The molecule has 4 atom stereocenters. The monoisotopic (exact) mass is 320 g/mol. The van der Waals surface area contributed by atoms with Crippen molar-refractivity contribution in [1.29, 1.82) is 5.26 Å². The minimum atomic E-state index is -1.76. The molecule has 1 saturated heterocycles. The second-order valence-electron chi connectivity index (χ2n) is 5.58. The number of aliphatic hydroxyl groups excluding tert-OH is 2. The lowest BCUT2D eigenvalue weighted by molar-refractivity contribution is -0.0938. The lowest BCUT2D eigenvalue weighted by atomic mass is 9.96. The molecule has 0 saturated carbocycles. The van der Waals surface area contributed by atoms with Gasteiger partial charge in [-0.15, -0.1) is 0 Å². The van der Waals surface area contributed by atoms with Crippen molar-refractivity contribution in [3.8, 4) is 6.07 Å². The van der Waals surface area contributed by atoms with E-state index in [4.69, 9.17) is 16.2 Å². The van der Waals surface area contributed by atoms with E-state index < -0.39 is 30.6 Å². The van der Waals surface area contributed by atoms with Crippen LogP contribution in [-0.2, 0) is 4.74 Å². The molecular formula is C13H16N6O4. The van der Waals surface area contributed by atoms with Crippen LogP contribution < -0.4 is 11.5 Å². The van der Waals surface area contributed by atoms with Crippen molar-refractivity contribution in [2.45, 2.75) is 31.0 Å². The molecule has 0 radical (unpaired) electrons. The highest BCUT2D eigenvalue weighted by Crippen LogP contribution is 2.43. The summed E-state index contributed by atoms with van der Waals surface area (Å²) in [4.78, 5) is 7.90. The Morgan fingerprint density at radius 3 is 2.74 bits per heavy atom. The molecule has 10 heteroatoms. The van der Waals surface area contributed by atoms with Crippen LogP contribution in [0.1, 0.15) is 18.7 Å². The van der Waals surface area contributed by atoms with Gasteiger partial charge in [0, 0.05) is 0 Å². The molecule has 1 aliphatic heterocycles. The fourth-order valence-electron chi connectivity index (χ4n) is 2.89. The average molecular weight is 320 g/mol. The summed E-state index contributed by atoms with van der Waals surface area (Å²) in [7, 11) is 0. The number of ether oxygens (including phenoxy) is 1. The second kappa shape index (κ2) is 5.04. The van der Waals surface area contributed by atoms with Gasteiger partial charge in [0.25, 0.3) is 0 Å². The van der Waals surface area contributed by atoms with Crippen molar-refractivity contribution in [2.75, 3.05) is 18.1 Å². The third kappa shape index (κ3) is 1.95. The van der Waals surface area contributed by atoms with Crippen LogP contribution in [0.3, 0.4) is 0 Å². The van der Waals surface area contributed by atoms with Gasteiger partial charge in [0.05, 0.1) is 12.0 Å². The standard InChI is InChI=1S/C13H16N6O4/c1-13(22)8(21)6(3-20)23-12(13)19-10(16)5(2-14)7-9(15)17-4-18-11(7)19/h4,6,8,12,20-22H,3,16H2,1H3,(H2,15,17,18)/t6-,8-,12-,13-/m1/s1. The Hall–Kier alpha value is -2.45. The highest BCUT2D eigenvalue weighted by molar-refractivity contribution is 5.96. The van der Waals surface area contributed by atoms with E-state index >= 15 is 0 Å². The molecule has 3 heterocycles. The first kappa shape index (κ1) is 15.4. The quantitative estimate of drug-likeness (QED) is 0.439. The Balaban J connectivity index is 2.28. The normalized spacial score (nSPS) is 30.7. The van der Waals surface area contributed by atoms with E-state index in [0.717, 1.165) is 0 Å². The summed E-state index contributed by atoms with van der Waals surface area (Å²) in [6.45, 7) is 0.856. The summed E-state index contributed by atoms with van der Waals surface area (Å²) >= 11 is 0. The van der Waals surface area contributed by atoms with Crippen LogP contribution in [0.5, 0.6) is 0 Å². The molecule has 1 aliphatic rings. The van der Waals surface area contributed by atoms with Crippen LogP contribution >= 0.6 is 0 Å². The Bertz CT molecular complexity index is 811. The van der Waals surface area contributed by atoms with Gasteiger partial charge in [-0.3, -0.25) is 4.57 Å². The summed E-state index contributed by atoms with van der Waals surface area (Å²) < 4.78 is 6.82. The second-order valence-corrected chi connectivity index (χ2v) is 5.58. The summed E-state index contributed by atoms with van der Waals surface area (Å²) in [5.74, 6) is 0.0414. The van der Waals surface area contributed by atoms with Crippen LogP contribution in [0.2, 0.25) is 0 Å². The minimum Gasteiger partial charge on any atom is -0.394 e. The number of nitrogen functional groups attached to an aromatic ring is 2. The number of aliphatic hydroxyl groups is 3. The molecular weight excluding hydrogens is 304 g/mol. The molecule has 0 amide bonds. The fraction of sp³-hybridized carbons (Fsp3) is 0.462. The number of fused-ring (bicyclic) bond motifs is 1. The fourth-order valence-corrected chi connectivity index (χ4v) is 2.89. The summed E-state index contributed by atoms with van der Waals surface area (Å²) in [5.41, 5.74) is 10.3. The Kier molecular flexibility index (Phi) is 3.38. The van der Waals surface area contributed by atoms with Crippen LogP contribution in [0.4, 0.5) is 11.6 Å². The zero-order chi connectivity index (χ0) is 16.9. The Morgan fingerprint density at radius 2 is 2.17 bits per heavy atom. The minimum absolute atomic E-state index is 0.0224. The van der Waals surface area contributed by atoms with Crippen molar-refractivity contribution < 1.29 is 20.1 Å². The lowest BCUT2D eigenvalue weighted by Crippen LogP contribution is -2.44. The number of hydrogen-bond acceptors (Lipinski definition) is 9. The van der Waals surface area contributed by atoms with E-state index in [-0.39, 0.29) is 28.2 Å². The van der Waals surface area contributed by atoms with Gasteiger partial charge < -0.3 is 31.5 Å². The lowest BCUT2D eigenvalue weighted by Gasteiger charge is -2.28. The number of hydrogen-bond donors (Lipinski definition) is 5. The van der Waals surface area contributed by atoms with Crippen molar-refractivity contribution in [3.05, 3.63) is 11.9 Å². The van der Waals surface area contributed by atoms with Gasteiger partial charge in [0.2, 0.25) is 0 Å². The van der Waals surface area contributed by atoms with Crippen LogP contribution in [0.15, 0.2) is 6.33 Å². The highest BCUT2D eigenvalue weighted by Gasteiger charge is 2.53. The van der Waals surface area contributed by atoms with Gasteiger partial charge in [-0.25, -0.2) is 9.97 Å². The van der Waals surface area contributed by atoms with Gasteiger partial charge in [-0.2, -0.15) is 5.26 Å². The van der Waals surface area contributed by atoms with Gasteiger partial charge in [0.15, 0.2) is 11.9 Å². The van der Waals surface area contributed by atoms with Gasteiger partial charge in [0.1, 0.15) is 47.4 Å². The highest BCUT2D eigenvalue weighted by atomic mass is 16.6. The van der Waals surface area contributed by atoms with Gasteiger partial charge in [-0.1, -0.05) is 0 Å². The maximum Gasteiger partial charge on any atom is 0.168 e. The van der Waals surface area contributed by atoms with Crippen molar-refractivity contribution in [3.63, 3.8) is 0 Å². The largest absolute Gasteiger partial charge is 0.394 e. The summed E-state index contributed by atoms with van der Waals surface area (Å²) in [6, 6.07) is 1.93. The number of nitrogens with zero attached hydrogens (tertiary/aromatic N) is 4. The number of nitrogens with two attached hydrogens (primary N) is 2. The molecule has 0 unspecified atom stereocenters. The molecule has 3 rings (SSSR count). The molecule has 10 nitrogen and oxygen atoms in total. The van der Waals surface area contributed by atoms with Crippen LogP contribution in [-0.4, -0.2) is 54.3 Å². The van der Waals surface area contributed by atoms with E-state index in [9.17, 15) is 20.6 Å². The predicted octanol–water partition coefficient (Wildman–Crippen LogP) is -1.53. The number of nitriles is 1. The first-order chi connectivity index (χ1) is 10.8. The van der Waals surface area contributed by atoms with Crippen LogP contribution in [0.25, 0.3) is 11.0 Å². The van der Waals surface area contributed by atoms with Crippen LogP contribution in [0, 0.1) is 11.3 Å².